The number of pyridine rings is 1. The van der Waals surface area contributed by atoms with Crippen molar-refractivity contribution in [3.05, 3.63) is 129 Å². The van der Waals surface area contributed by atoms with Gasteiger partial charge in [0, 0.05) is 24.2 Å². The summed E-state index contributed by atoms with van der Waals surface area (Å²) in [4.78, 5) is 18.0. The highest BCUT2D eigenvalue weighted by molar-refractivity contribution is 5.63. The van der Waals surface area contributed by atoms with Gasteiger partial charge in [-0.05, 0) is 55.4 Å². The van der Waals surface area contributed by atoms with Gasteiger partial charge in [-0.2, -0.15) is 0 Å². The quantitative estimate of drug-likeness (QED) is 0.473. The Morgan fingerprint density at radius 1 is 1.06 bits per heavy atom. The van der Waals surface area contributed by atoms with E-state index in [0.717, 1.165) is 11.1 Å². The summed E-state index contributed by atoms with van der Waals surface area (Å²) in [6.45, 7) is 0.471. The van der Waals surface area contributed by atoms with E-state index in [2.05, 4.69) is 16.4 Å². The van der Waals surface area contributed by atoms with Crippen LogP contribution in [0.1, 0.15) is 23.5 Å². The van der Waals surface area contributed by atoms with Crippen molar-refractivity contribution < 1.29 is 9.50 Å². The van der Waals surface area contributed by atoms with Crippen molar-refractivity contribution in [2.45, 2.75) is 17.9 Å². The maximum Gasteiger partial charge on any atom is 0.251 e. The first-order chi connectivity index (χ1) is 16.4. The van der Waals surface area contributed by atoms with Crippen molar-refractivity contribution >= 4 is 0 Å². The number of hydrogen-bond donors (Lipinski definition) is 2. The van der Waals surface area contributed by atoms with E-state index in [1.165, 1.54) is 12.2 Å². The lowest BCUT2D eigenvalue weighted by Gasteiger charge is -2.38. The fraction of sp³-hybridized carbons (Fsp3) is 0.207. The first-order valence-electron chi connectivity index (χ1n) is 11.2. The van der Waals surface area contributed by atoms with Gasteiger partial charge in [0.1, 0.15) is 11.4 Å². The van der Waals surface area contributed by atoms with Crippen LogP contribution in [0.4, 0.5) is 4.39 Å². The number of benzene rings is 2. The molecule has 2 aromatic carbocycles. The van der Waals surface area contributed by atoms with Crippen molar-refractivity contribution in [3.63, 3.8) is 0 Å². The number of rotatable bonds is 8. The van der Waals surface area contributed by atoms with Crippen LogP contribution in [-0.2, 0) is 0 Å². The lowest BCUT2D eigenvalue weighted by atomic mass is 9.71. The van der Waals surface area contributed by atoms with E-state index in [-0.39, 0.29) is 17.6 Å². The van der Waals surface area contributed by atoms with Crippen molar-refractivity contribution in [2.75, 3.05) is 20.6 Å². The Morgan fingerprint density at radius 2 is 1.74 bits per heavy atom. The van der Waals surface area contributed by atoms with Crippen molar-refractivity contribution in [3.8, 4) is 11.1 Å². The second kappa shape index (κ2) is 10.0. The van der Waals surface area contributed by atoms with Gasteiger partial charge in [0.25, 0.3) is 5.56 Å². The van der Waals surface area contributed by atoms with Crippen LogP contribution in [-0.4, -0.2) is 41.2 Å². The van der Waals surface area contributed by atoms with E-state index in [1.54, 1.807) is 12.3 Å². The maximum absolute atomic E-state index is 15.1. The smallest absolute Gasteiger partial charge is 0.251 e. The number of aromatic amines is 1. The fourth-order valence-corrected chi connectivity index (χ4v) is 4.37. The molecule has 2 N–H and O–H groups in total. The van der Waals surface area contributed by atoms with E-state index in [9.17, 15) is 9.90 Å². The van der Waals surface area contributed by atoms with Crippen LogP contribution >= 0.6 is 0 Å². The van der Waals surface area contributed by atoms with E-state index in [0.29, 0.717) is 17.7 Å². The Labute approximate surface area is 198 Å². The molecule has 1 aromatic heterocycles. The number of aliphatic hydroxyl groups is 1. The van der Waals surface area contributed by atoms with Crippen molar-refractivity contribution in [2.24, 2.45) is 0 Å². The average molecular weight is 455 g/mol. The standard InChI is InChI=1S/C29H27FN2O2/c1-32(2)18-17-29(34,25-15-9-10-16-26(25)30)27(22-13-7-4-8-14-22)24-19-23(20-31-28(24)33)21-11-5-3-6-12-21/h3-8,10-14,16,19-20,27,34H,17-18H2,1-2H3,(H,31,33). The van der Waals surface area contributed by atoms with E-state index in [1.807, 2.05) is 79.7 Å². The molecule has 1 aliphatic carbocycles. The first-order valence-corrected chi connectivity index (χ1v) is 11.2. The zero-order valence-corrected chi connectivity index (χ0v) is 19.3. The molecule has 3 aromatic rings. The highest BCUT2D eigenvalue weighted by Crippen LogP contribution is 2.44. The molecule has 34 heavy (non-hydrogen) atoms. The molecule has 0 radical (unpaired) electrons. The maximum atomic E-state index is 15.1. The Morgan fingerprint density at radius 3 is 2.38 bits per heavy atom. The number of halogens is 1. The largest absolute Gasteiger partial charge is 0.383 e. The number of nitrogens with zero attached hydrogens (tertiary/aromatic N) is 1. The highest BCUT2D eigenvalue weighted by atomic mass is 19.1. The second-order valence-corrected chi connectivity index (χ2v) is 8.69. The molecule has 0 aliphatic heterocycles. The minimum Gasteiger partial charge on any atom is -0.383 e. The van der Waals surface area contributed by atoms with E-state index in [4.69, 9.17) is 0 Å². The molecule has 5 heteroatoms. The fourth-order valence-electron chi connectivity index (χ4n) is 4.37. The molecule has 0 fully saturated rings. The molecule has 2 atom stereocenters. The highest BCUT2D eigenvalue weighted by Gasteiger charge is 2.45. The summed E-state index contributed by atoms with van der Waals surface area (Å²) >= 11 is 0. The van der Waals surface area contributed by atoms with Crippen LogP contribution in [0.3, 0.4) is 0 Å². The van der Waals surface area contributed by atoms with Gasteiger partial charge in [-0.25, -0.2) is 4.39 Å². The summed E-state index contributed by atoms with van der Waals surface area (Å²) in [6, 6.07) is 20.7. The molecule has 0 saturated heterocycles. The van der Waals surface area contributed by atoms with E-state index < -0.39 is 17.3 Å². The Balaban J connectivity index is 1.98. The molecule has 0 spiro atoms. The van der Waals surface area contributed by atoms with E-state index >= 15 is 4.39 Å². The first kappa shape index (κ1) is 23.4. The van der Waals surface area contributed by atoms with Crippen LogP contribution in [0.15, 0.2) is 113 Å². The van der Waals surface area contributed by atoms with Crippen LogP contribution in [0.25, 0.3) is 11.1 Å². The molecule has 1 heterocycles. The zero-order valence-electron chi connectivity index (χ0n) is 19.3. The Kier molecular flexibility index (Phi) is 6.93. The van der Waals surface area contributed by atoms with Gasteiger partial charge in [-0.3, -0.25) is 4.79 Å². The summed E-state index contributed by atoms with van der Waals surface area (Å²) in [5.41, 5.74) is 6.28. The summed E-state index contributed by atoms with van der Waals surface area (Å²) < 4.78 is 15.1. The number of nitrogens with one attached hydrogen (secondary N) is 1. The molecule has 4 nitrogen and oxygen atoms in total. The summed E-state index contributed by atoms with van der Waals surface area (Å²) in [6.07, 6.45) is 4.52. The summed E-state index contributed by atoms with van der Waals surface area (Å²) in [5.74, 6) is -1.43. The van der Waals surface area contributed by atoms with Gasteiger partial charge >= 0.3 is 0 Å². The topological polar surface area (TPSA) is 56.3 Å². The van der Waals surface area contributed by atoms with Gasteiger partial charge < -0.3 is 15.0 Å². The minimum atomic E-state index is -1.75. The van der Waals surface area contributed by atoms with Crippen LogP contribution in [0.5, 0.6) is 0 Å². The molecule has 1 aliphatic rings. The number of aromatic nitrogens is 1. The molecular formula is C29H27FN2O2. The molecule has 0 bridgehead atoms. The molecule has 0 saturated carbocycles. The normalized spacial score (nSPS) is 15.6. The average Bonchev–Trinajstić information content (AvgIpc) is 2.85. The molecular weight excluding hydrogens is 427 g/mol. The molecule has 0 amide bonds. The molecule has 172 valence electrons. The number of allylic oxidation sites excluding steroid dienone is 2. The monoisotopic (exact) mass is 454 g/mol. The van der Waals surface area contributed by atoms with Gasteiger partial charge in [0.15, 0.2) is 0 Å². The number of H-pyrrole nitrogens is 1. The number of hydrogen-bond acceptors (Lipinski definition) is 3. The summed E-state index contributed by atoms with van der Waals surface area (Å²) in [7, 11) is 3.77. The van der Waals surface area contributed by atoms with Crippen molar-refractivity contribution in [1.29, 1.82) is 0 Å². The van der Waals surface area contributed by atoms with Crippen LogP contribution in [0, 0.1) is 0 Å². The van der Waals surface area contributed by atoms with Gasteiger partial charge in [-0.1, -0.05) is 72.1 Å². The van der Waals surface area contributed by atoms with Gasteiger partial charge in [0.2, 0.25) is 0 Å². The third-order valence-electron chi connectivity index (χ3n) is 6.08. The zero-order chi connectivity index (χ0) is 24.1. The lowest BCUT2D eigenvalue weighted by molar-refractivity contribution is 0.0443. The minimum absolute atomic E-state index is 0.00443. The third kappa shape index (κ3) is 4.79. The van der Waals surface area contributed by atoms with Crippen LogP contribution < -0.4 is 5.56 Å². The third-order valence-corrected chi connectivity index (χ3v) is 6.08. The second-order valence-electron chi connectivity index (χ2n) is 8.69. The molecule has 2 unspecified atom stereocenters. The Bertz CT molecular complexity index is 1350. The Hall–Kier alpha value is -3.72. The predicted molar refractivity (Wildman–Crippen MR) is 133 cm³/mol. The predicted octanol–water partition coefficient (Wildman–Crippen LogP) is 4.96. The molecule has 4 rings (SSSR count). The SMILES string of the molecule is CN(C)CCC(O)(C1=C=C=CC=C1F)C(c1ccccc1)c1cc(-c2ccccc2)c[nH]c1=O. The summed E-state index contributed by atoms with van der Waals surface area (Å²) in [5, 5.41) is 12.3. The van der Waals surface area contributed by atoms with Crippen LogP contribution in [0.2, 0.25) is 0 Å². The van der Waals surface area contributed by atoms with Crippen molar-refractivity contribution in [1.82, 2.24) is 9.88 Å². The van der Waals surface area contributed by atoms with Gasteiger partial charge in [0.05, 0.1) is 5.57 Å². The van der Waals surface area contributed by atoms with Gasteiger partial charge in [-0.15, -0.1) is 0 Å². The lowest BCUT2D eigenvalue weighted by Crippen LogP contribution is -2.43.